The Bertz CT molecular complexity index is 1530. The van der Waals surface area contributed by atoms with Crippen LogP contribution in [-0.2, 0) is 16.1 Å². The van der Waals surface area contributed by atoms with Gasteiger partial charge >= 0.3 is 5.97 Å². The molecule has 41 heavy (non-hydrogen) atoms. The number of carbonyl (C=O) groups is 2. The Morgan fingerprint density at radius 2 is 1.73 bits per heavy atom. The second-order valence-electron chi connectivity index (χ2n) is 9.59. The number of hydrogen-bond donors (Lipinski definition) is 2. The Labute approximate surface area is 239 Å². The van der Waals surface area contributed by atoms with Gasteiger partial charge < -0.3 is 14.7 Å². The molecule has 0 aliphatic rings. The average Bonchev–Trinajstić information content (AvgIpc) is 3.53. The second-order valence-corrected chi connectivity index (χ2v) is 9.59. The number of hydrogen-bond acceptors (Lipinski definition) is 6. The van der Waals surface area contributed by atoms with Crippen molar-refractivity contribution >= 4 is 18.0 Å². The Morgan fingerprint density at radius 3 is 2.41 bits per heavy atom. The molecule has 9 nitrogen and oxygen atoms in total. The number of para-hydroxylation sites is 1. The third kappa shape index (κ3) is 7.54. The Kier molecular flexibility index (Phi) is 9.77. The number of rotatable bonds is 13. The molecule has 0 fully saturated rings. The first-order chi connectivity index (χ1) is 19.9. The van der Waals surface area contributed by atoms with E-state index in [9.17, 15) is 9.59 Å². The summed E-state index contributed by atoms with van der Waals surface area (Å²) in [4.78, 5) is 26.4. The topological polar surface area (TPSA) is 121 Å². The van der Waals surface area contributed by atoms with Gasteiger partial charge in [0, 0.05) is 22.4 Å². The summed E-state index contributed by atoms with van der Waals surface area (Å²) < 4.78 is 5.42. The van der Waals surface area contributed by atoms with Gasteiger partial charge in [0.1, 0.15) is 5.75 Å². The highest BCUT2D eigenvalue weighted by atomic mass is 16.5. The number of unbranched alkanes of at least 4 members (excludes halogenated alkanes) is 1. The Hall–Kier alpha value is -5.05. The maximum absolute atomic E-state index is 13.7. The lowest BCUT2D eigenvalue weighted by Crippen LogP contribution is -2.30. The number of aromatic amines is 1. The summed E-state index contributed by atoms with van der Waals surface area (Å²) in [6, 6.07) is 22.9. The van der Waals surface area contributed by atoms with Gasteiger partial charge in [-0.25, -0.2) is 4.79 Å². The number of nitrogens with zero attached hydrogens (tertiary/aromatic N) is 4. The van der Waals surface area contributed by atoms with Crippen LogP contribution >= 0.6 is 0 Å². The summed E-state index contributed by atoms with van der Waals surface area (Å²) in [5.41, 5.74) is 5.64. The van der Waals surface area contributed by atoms with E-state index in [1.807, 2.05) is 54.6 Å². The first-order valence-electron chi connectivity index (χ1n) is 13.4. The fourth-order valence-corrected chi connectivity index (χ4v) is 4.40. The monoisotopic (exact) mass is 551 g/mol. The molecule has 1 aromatic heterocycles. The summed E-state index contributed by atoms with van der Waals surface area (Å²) in [7, 11) is 0. The van der Waals surface area contributed by atoms with E-state index in [0.29, 0.717) is 35.7 Å². The van der Waals surface area contributed by atoms with Gasteiger partial charge in [0.05, 0.1) is 6.54 Å². The molecule has 0 radical (unpaired) electrons. The van der Waals surface area contributed by atoms with Gasteiger partial charge in [-0.05, 0) is 53.8 Å². The first-order valence-corrected chi connectivity index (χ1v) is 13.4. The molecule has 210 valence electrons. The fourth-order valence-electron chi connectivity index (χ4n) is 4.40. The number of allylic oxidation sites excluding steroid dienone is 1. The van der Waals surface area contributed by atoms with Crippen molar-refractivity contribution in [2.45, 2.75) is 39.7 Å². The van der Waals surface area contributed by atoms with E-state index >= 15 is 0 Å². The number of H-pyrrole nitrogens is 1. The summed E-state index contributed by atoms with van der Waals surface area (Å²) >= 11 is 0. The molecule has 1 amide bonds. The van der Waals surface area contributed by atoms with E-state index in [-0.39, 0.29) is 5.91 Å². The van der Waals surface area contributed by atoms with Crippen LogP contribution < -0.4 is 4.74 Å². The smallest absolute Gasteiger partial charge is 0.341 e. The van der Waals surface area contributed by atoms with Crippen molar-refractivity contribution in [1.29, 1.82) is 0 Å². The van der Waals surface area contributed by atoms with E-state index < -0.39 is 12.6 Å². The molecule has 0 unspecified atom stereocenters. The van der Waals surface area contributed by atoms with Crippen molar-refractivity contribution in [3.63, 3.8) is 0 Å². The largest absolute Gasteiger partial charge is 0.481 e. The lowest BCUT2D eigenvalue weighted by molar-refractivity contribution is -0.139. The second kappa shape index (κ2) is 13.8. The molecular formula is C32H33N5O4. The van der Waals surface area contributed by atoms with Crippen LogP contribution in [0.25, 0.3) is 28.6 Å². The van der Waals surface area contributed by atoms with Gasteiger partial charge in [-0.1, -0.05) is 86.7 Å². The fraction of sp³-hybridized carbons (Fsp3) is 0.219. The predicted molar refractivity (Wildman–Crippen MR) is 157 cm³/mol. The summed E-state index contributed by atoms with van der Waals surface area (Å²) in [6.07, 6.45) is 4.32. The number of nitrogens with one attached hydrogen (secondary N) is 1. The molecule has 0 aliphatic heterocycles. The molecule has 0 aliphatic carbocycles. The number of carbonyl (C=O) groups excluding carboxylic acids is 1. The minimum absolute atomic E-state index is 0.175. The van der Waals surface area contributed by atoms with Gasteiger partial charge in [0.2, 0.25) is 5.82 Å². The molecule has 4 rings (SSSR count). The predicted octanol–water partition coefficient (Wildman–Crippen LogP) is 6.13. The van der Waals surface area contributed by atoms with E-state index in [4.69, 9.17) is 9.84 Å². The van der Waals surface area contributed by atoms with Crippen molar-refractivity contribution in [3.8, 4) is 28.3 Å². The minimum Gasteiger partial charge on any atom is -0.481 e. The number of carboxylic acid groups (broad SMARTS) is 1. The molecule has 0 saturated heterocycles. The van der Waals surface area contributed by atoms with Crippen LogP contribution in [0.5, 0.6) is 5.75 Å². The number of tetrazole rings is 1. The van der Waals surface area contributed by atoms with Crippen LogP contribution in [-0.4, -0.2) is 49.1 Å². The SMILES string of the molecule is C=C(CCCC)N(Cc1ccc(-c2ccccc2-c2nn[nH]n2)cc1)C(=O)/C(C)=C/c1ccccc1OCC(=O)O. The van der Waals surface area contributed by atoms with Crippen LogP contribution in [0.15, 0.2) is 90.6 Å². The molecule has 1 heterocycles. The van der Waals surface area contributed by atoms with Crippen LogP contribution in [0, 0.1) is 0 Å². The molecule has 2 N–H and O–H groups in total. The quantitative estimate of drug-likeness (QED) is 0.192. The van der Waals surface area contributed by atoms with Gasteiger partial charge in [-0.15, -0.1) is 10.2 Å². The summed E-state index contributed by atoms with van der Waals surface area (Å²) in [5, 5.41) is 23.4. The highest BCUT2D eigenvalue weighted by Crippen LogP contribution is 2.30. The normalized spacial score (nSPS) is 11.2. The minimum atomic E-state index is -1.07. The maximum atomic E-state index is 13.7. The zero-order valence-corrected chi connectivity index (χ0v) is 23.2. The highest BCUT2D eigenvalue weighted by molar-refractivity contribution is 5.98. The van der Waals surface area contributed by atoms with Crippen LogP contribution in [0.4, 0.5) is 0 Å². The number of carboxylic acids is 1. The van der Waals surface area contributed by atoms with Gasteiger partial charge in [0.25, 0.3) is 5.91 Å². The molecule has 0 saturated carbocycles. The highest BCUT2D eigenvalue weighted by Gasteiger charge is 2.20. The van der Waals surface area contributed by atoms with Crippen molar-refractivity contribution < 1.29 is 19.4 Å². The lowest BCUT2D eigenvalue weighted by Gasteiger charge is -2.26. The molecular weight excluding hydrogens is 518 g/mol. The number of aliphatic carboxylic acids is 1. The van der Waals surface area contributed by atoms with Gasteiger partial charge in [0.15, 0.2) is 6.61 Å². The zero-order valence-electron chi connectivity index (χ0n) is 23.2. The number of amides is 1. The zero-order chi connectivity index (χ0) is 29.2. The van der Waals surface area contributed by atoms with E-state index in [1.165, 1.54) is 0 Å². The van der Waals surface area contributed by atoms with Crippen LogP contribution in [0.2, 0.25) is 0 Å². The Balaban J connectivity index is 1.58. The van der Waals surface area contributed by atoms with E-state index in [0.717, 1.165) is 40.8 Å². The molecule has 0 spiro atoms. The molecule has 9 heteroatoms. The third-order valence-corrected chi connectivity index (χ3v) is 6.54. The van der Waals surface area contributed by atoms with Crippen molar-refractivity contribution in [2.24, 2.45) is 0 Å². The number of benzene rings is 3. The standard InChI is InChI=1S/C32H33N5O4/c1-4-5-10-23(3)37(32(40)22(2)19-26-11-6-9-14-29(26)41-21-30(38)39)20-24-15-17-25(18-16-24)27-12-7-8-13-28(27)31-33-35-36-34-31/h6-9,11-19H,3-5,10,20-21H2,1-2H3,(H,38,39)(H,33,34,35,36)/b22-19+. The molecule has 0 bridgehead atoms. The first kappa shape index (κ1) is 28.9. The third-order valence-electron chi connectivity index (χ3n) is 6.54. The van der Waals surface area contributed by atoms with Crippen molar-refractivity contribution in [2.75, 3.05) is 6.61 Å². The van der Waals surface area contributed by atoms with Crippen molar-refractivity contribution in [1.82, 2.24) is 25.5 Å². The lowest BCUT2D eigenvalue weighted by atomic mass is 9.98. The molecule has 4 aromatic rings. The average molecular weight is 552 g/mol. The summed E-state index contributed by atoms with van der Waals surface area (Å²) in [5.74, 6) is -0.328. The van der Waals surface area contributed by atoms with Crippen molar-refractivity contribution in [3.05, 3.63) is 102 Å². The van der Waals surface area contributed by atoms with E-state index in [1.54, 1.807) is 36.1 Å². The Morgan fingerprint density at radius 1 is 1.02 bits per heavy atom. The summed E-state index contributed by atoms with van der Waals surface area (Å²) in [6.45, 7) is 7.97. The number of aromatic nitrogens is 4. The molecule has 3 aromatic carbocycles. The van der Waals surface area contributed by atoms with Gasteiger partial charge in [-0.3, -0.25) is 4.79 Å². The number of ether oxygens (including phenoxy) is 1. The maximum Gasteiger partial charge on any atom is 0.341 e. The molecule has 0 atom stereocenters. The van der Waals surface area contributed by atoms with Crippen LogP contribution in [0.1, 0.15) is 44.2 Å². The van der Waals surface area contributed by atoms with E-state index in [2.05, 4.69) is 34.1 Å². The van der Waals surface area contributed by atoms with Crippen LogP contribution in [0.3, 0.4) is 0 Å². The van der Waals surface area contributed by atoms with Gasteiger partial charge in [-0.2, -0.15) is 5.21 Å².